The molecule has 0 unspecified atom stereocenters. The molecule has 0 aliphatic carbocycles. The molecule has 0 radical (unpaired) electrons. The van der Waals surface area contributed by atoms with Crippen molar-refractivity contribution in [1.29, 1.82) is 0 Å². The Balaban J connectivity index is 2.91. The molecule has 4 nitrogen and oxygen atoms in total. The first-order valence-corrected chi connectivity index (χ1v) is 4.92. The van der Waals surface area contributed by atoms with Crippen LogP contribution in [-0.2, 0) is 0 Å². The monoisotopic (exact) mass is 219 g/mol. The van der Waals surface area contributed by atoms with Crippen molar-refractivity contribution in [2.45, 2.75) is 6.92 Å². The van der Waals surface area contributed by atoms with Gasteiger partial charge in [-0.1, -0.05) is 0 Å². The van der Waals surface area contributed by atoms with E-state index in [4.69, 9.17) is 9.47 Å². The Labute approximate surface area is 92.8 Å². The van der Waals surface area contributed by atoms with Crippen molar-refractivity contribution in [2.24, 2.45) is 0 Å². The van der Waals surface area contributed by atoms with Crippen molar-refractivity contribution >= 4 is 10.9 Å². The van der Waals surface area contributed by atoms with E-state index >= 15 is 0 Å². The average Bonchev–Trinajstić information content (AvgIpc) is 2.27. The fourth-order valence-corrected chi connectivity index (χ4v) is 1.76. The molecule has 0 aliphatic rings. The second-order valence-corrected chi connectivity index (χ2v) is 3.54. The molecule has 84 valence electrons. The highest BCUT2D eigenvalue weighted by molar-refractivity contribution is 5.87. The van der Waals surface area contributed by atoms with Crippen LogP contribution in [0.25, 0.3) is 10.9 Å². The van der Waals surface area contributed by atoms with Gasteiger partial charge in [0.25, 0.3) is 0 Å². The van der Waals surface area contributed by atoms with Gasteiger partial charge in [0, 0.05) is 17.1 Å². The molecule has 1 N–H and O–H groups in total. The van der Waals surface area contributed by atoms with Crippen LogP contribution in [0.1, 0.15) is 5.69 Å². The number of hydrogen-bond donors (Lipinski definition) is 1. The van der Waals surface area contributed by atoms with Crippen molar-refractivity contribution in [3.63, 3.8) is 0 Å². The maximum atomic E-state index is 11.8. The summed E-state index contributed by atoms with van der Waals surface area (Å²) >= 11 is 0. The third-order valence-electron chi connectivity index (χ3n) is 2.48. The molecular weight excluding hydrogens is 206 g/mol. The average molecular weight is 219 g/mol. The third kappa shape index (κ3) is 1.52. The lowest BCUT2D eigenvalue weighted by molar-refractivity contribution is 0.358. The van der Waals surface area contributed by atoms with Crippen LogP contribution in [0, 0.1) is 6.92 Å². The summed E-state index contributed by atoms with van der Waals surface area (Å²) in [7, 11) is 3.12. The van der Waals surface area contributed by atoms with Crippen LogP contribution in [0.5, 0.6) is 11.5 Å². The molecule has 0 saturated heterocycles. The van der Waals surface area contributed by atoms with E-state index in [1.54, 1.807) is 32.4 Å². The van der Waals surface area contributed by atoms with Crippen LogP contribution in [-0.4, -0.2) is 19.2 Å². The third-order valence-corrected chi connectivity index (χ3v) is 2.48. The quantitative estimate of drug-likeness (QED) is 0.838. The minimum atomic E-state index is -0.0211. The Bertz CT molecular complexity index is 587. The molecule has 1 heterocycles. The van der Waals surface area contributed by atoms with Gasteiger partial charge < -0.3 is 14.5 Å². The van der Waals surface area contributed by atoms with E-state index in [1.165, 1.54) is 0 Å². The van der Waals surface area contributed by atoms with E-state index in [9.17, 15) is 4.79 Å². The first kappa shape index (κ1) is 10.5. The van der Waals surface area contributed by atoms with Gasteiger partial charge in [-0.3, -0.25) is 4.79 Å². The van der Waals surface area contributed by atoms with Gasteiger partial charge in [-0.15, -0.1) is 0 Å². The van der Waals surface area contributed by atoms with Crippen LogP contribution < -0.4 is 14.9 Å². The van der Waals surface area contributed by atoms with E-state index in [1.807, 2.05) is 6.92 Å². The number of methoxy groups -OCH3 is 2. The lowest BCUT2D eigenvalue weighted by Gasteiger charge is -2.10. The summed E-state index contributed by atoms with van der Waals surface area (Å²) in [6.45, 7) is 1.83. The Morgan fingerprint density at radius 1 is 1.19 bits per heavy atom. The van der Waals surface area contributed by atoms with Crippen molar-refractivity contribution in [2.75, 3.05) is 14.2 Å². The van der Waals surface area contributed by atoms with Gasteiger partial charge in [0.05, 0.1) is 19.7 Å². The first-order chi connectivity index (χ1) is 7.67. The van der Waals surface area contributed by atoms with Crippen molar-refractivity contribution in [3.8, 4) is 11.5 Å². The van der Waals surface area contributed by atoms with Gasteiger partial charge in [0.15, 0.2) is 16.9 Å². The molecule has 4 heteroatoms. The summed E-state index contributed by atoms with van der Waals surface area (Å²) in [5, 5.41) is 0.600. The lowest BCUT2D eigenvalue weighted by Crippen LogP contribution is -2.04. The Morgan fingerprint density at radius 3 is 2.56 bits per heavy atom. The topological polar surface area (TPSA) is 51.3 Å². The summed E-state index contributed by atoms with van der Waals surface area (Å²) < 4.78 is 10.4. The van der Waals surface area contributed by atoms with Crippen molar-refractivity contribution < 1.29 is 9.47 Å². The molecule has 16 heavy (non-hydrogen) atoms. The molecule has 0 spiro atoms. The first-order valence-electron chi connectivity index (χ1n) is 4.92. The zero-order valence-electron chi connectivity index (χ0n) is 9.46. The standard InChI is InChI=1S/C12H13NO3/c1-7-6-9(14)8-4-5-10(15-2)12(16-3)11(8)13-7/h4-6H,1-3H3,(H,13,14). The highest BCUT2D eigenvalue weighted by Gasteiger charge is 2.11. The maximum Gasteiger partial charge on any atom is 0.189 e. The summed E-state index contributed by atoms with van der Waals surface area (Å²) in [6, 6.07) is 5.02. The van der Waals surface area contributed by atoms with Gasteiger partial charge >= 0.3 is 0 Å². The van der Waals surface area contributed by atoms with Crippen LogP contribution >= 0.6 is 0 Å². The lowest BCUT2D eigenvalue weighted by atomic mass is 10.1. The highest BCUT2D eigenvalue weighted by Crippen LogP contribution is 2.32. The van der Waals surface area contributed by atoms with Gasteiger partial charge in [-0.05, 0) is 19.1 Å². The van der Waals surface area contributed by atoms with Gasteiger partial charge in [-0.2, -0.15) is 0 Å². The van der Waals surface area contributed by atoms with Crippen LogP contribution in [0.2, 0.25) is 0 Å². The van der Waals surface area contributed by atoms with Gasteiger partial charge in [0.2, 0.25) is 0 Å². The molecule has 1 aromatic heterocycles. The number of H-pyrrole nitrogens is 1. The van der Waals surface area contributed by atoms with Crippen molar-refractivity contribution in [3.05, 3.63) is 34.1 Å². The largest absolute Gasteiger partial charge is 0.493 e. The number of aromatic nitrogens is 1. The summed E-state index contributed by atoms with van der Waals surface area (Å²) in [4.78, 5) is 14.9. The zero-order valence-corrected chi connectivity index (χ0v) is 9.46. The van der Waals surface area contributed by atoms with E-state index in [-0.39, 0.29) is 5.43 Å². The second-order valence-electron chi connectivity index (χ2n) is 3.54. The molecule has 1 aromatic carbocycles. The molecule has 0 atom stereocenters. The summed E-state index contributed by atoms with van der Waals surface area (Å²) in [6.07, 6.45) is 0. The minimum absolute atomic E-state index is 0.0211. The van der Waals surface area contributed by atoms with Crippen LogP contribution in [0.4, 0.5) is 0 Å². The maximum absolute atomic E-state index is 11.8. The summed E-state index contributed by atoms with van der Waals surface area (Å²) in [5.74, 6) is 1.16. The molecule has 0 bridgehead atoms. The van der Waals surface area contributed by atoms with E-state index in [2.05, 4.69) is 4.98 Å². The fraction of sp³-hybridized carbons (Fsp3) is 0.250. The number of rotatable bonds is 2. The van der Waals surface area contributed by atoms with Crippen LogP contribution in [0.3, 0.4) is 0 Å². The number of aryl methyl sites for hydroxylation is 1. The molecule has 0 saturated carbocycles. The zero-order chi connectivity index (χ0) is 11.7. The highest BCUT2D eigenvalue weighted by atomic mass is 16.5. The van der Waals surface area contributed by atoms with E-state index in [0.29, 0.717) is 22.4 Å². The molecule has 0 fully saturated rings. The number of aromatic amines is 1. The van der Waals surface area contributed by atoms with Gasteiger partial charge in [-0.25, -0.2) is 0 Å². The van der Waals surface area contributed by atoms with Gasteiger partial charge in [0.1, 0.15) is 0 Å². The Hall–Kier alpha value is -1.97. The Kier molecular flexibility index (Phi) is 2.56. The number of nitrogens with one attached hydrogen (secondary N) is 1. The smallest absolute Gasteiger partial charge is 0.189 e. The number of fused-ring (bicyclic) bond motifs is 1. The van der Waals surface area contributed by atoms with Crippen LogP contribution in [0.15, 0.2) is 23.0 Å². The molecule has 0 aliphatic heterocycles. The predicted octanol–water partition coefficient (Wildman–Crippen LogP) is 1.85. The SMILES string of the molecule is COc1ccc2c(=O)cc(C)[nH]c2c1OC. The number of benzene rings is 1. The number of hydrogen-bond acceptors (Lipinski definition) is 3. The second kappa shape index (κ2) is 3.89. The molecule has 0 amide bonds. The summed E-state index contributed by atoms with van der Waals surface area (Å²) in [5.41, 5.74) is 1.45. The fourth-order valence-electron chi connectivity index (χ4n) is 1.76. The number of pyridine rings is 1. The predicted molar refractivity (Wildman–Crippen MR) is 62.4 cm³/mol. The normalized spacial score (nSPS) is 10.4. The van der Waals surface area contributed by atoms with E-state index in [0.717, 1.165) is 5.69 Å². The van der Waals surface area contributed by atoms with E-state index < -0.39 is 0 Å². The molecule has 2 aromatic rings. The minimum Gasteiger partial charge on any atom is -0.493 e. The molecule has 2 rings (SSSR count). The Morgan fingerprint density at radius 2 is 1.94 bits per heavy atom. The number of ether oxygens (including phenoxy) is 2. The molecular formula is C12H13NO3. The van der Waals surface area contributed by atoms with Crippen molar-refractivity contribution in [1.82, 2.24) is 4.98 Å².